The summed E-state index contributed by atoms with van der Waals surface area (Å²) in [5, 5.41) is 2.88. The molecule has 1 N–H and O–H groups in total. The van der Waals surface area contributed by atoms with Crippen molar-refractivity contribution >= 4 is 21.6 Å². The van der Waals surface area contributed by atoms with Crippen molar-refractivity contribution in [3.63, 3.8) is 0 Å². The second-order valence-corrected chi connectivity index (χ2v) is 9.71. The molecule has 166 valence electrons. The van der Waals surface area contributed by atoms with Crippen molar-refractivity contribution in [2.24, 2.45) is 0 Å². The third-order valence-corrected chi connectivity index (χ3v) is 7.53. The highest BCUT2D eigenvalue weighted by Gasteiger charge is 2.36. The summed E-state index contributed by atoms with van der Waals surface area (Å²) < 4.78 is 54.0. The van der Waals surface area contributed by atoms with Crippen LogP contribution in [0.5, 0.6) is 0 Å². The molecule has 2 unspecified atom stereocenters. The van der Waals surface area contributed by atoms with Gasteiger partial charge in [-0.1, -0.05) is 12.1 Å². The summed E-state index contributed by atoms with van der Waals surface area (Å²) in [7, 11) is -3.87. The highest BCUT2D eigenvalue weighted by atomic mass is 32.2. The fourth-order valence-corrected chi connectivity index (χ4v) is 5.64. The van der Waals surface area contributed by atoms with Crippen LogP contribution in [0.4, 0.5) is 14.5 Å². The molecule has 1 heterocycles. The molecule has 0 saturated heterocycles. The van der Waals surface area contributed by atoms with E-state index in [0.29, 0.717) is 17.7 Å². The van der Waals surface area contributed by atoms with E-state index in [1.165, 1.54) is 28.6 Å². The van der Waals surface area contributed by atoms with Crippen LogP contribution in [0.2, 0.25) is 0 Å². The Balaban J connectivity index is 1.57. The largest absolute Gasteiger partial charge is 0.346 e. The van der Waals surface area contributed by atoms with Crippen molar-refractivity contribution in [1.29, 1.82) is 0 Å². The van der Waals surface area contributed by atoms with Crippen molar-refractivity contribution < 1.29 is 22.0 Å². The number of halogens is 2. The molecular formula is C24H22F2N2O3S. The molecular weight excluding hydrogens is 434 g/mol. The summed E-state index contributed by atoms with van der Waals surface area (Å²) in [5.74, 6) is -1.17. The average Bonchev–Trinajstić information content (AvgIpc) is 3.10. The summed E-state index contributed by atoms with van der Waals surface area (Å²) in [6, 6.07) is 14.8. The Morgan fingerprint density at radius 1 is 1.00 bits per heavy atom. The Bertz CT molecular complexity index is 1260. The zero-order valence-corrected chi connectivity index (χ0v) is 18.4. The van der Waals surface area contributed by atoms with E-state index in [1.54, 1.807) is 44.2 Å². The number of rotatable bonds is 5. The average molecular weight is 457 g/mol. The van der Waals surface area contributed by atoms with Gasteiger partial charge in [0, 0.05) is 11.6 Å². The molecule has 1 aliphatic rings. The first-order chi connectivity index (χ1) is 15.2. The minimum Gasteiger partial charge on any atom is -0.346 e. The van der Waals surface area contributed by atoms with E-state index in [1.807, 2.05) is 0 Å². The van der Waals surface area contributed by atoms with Gasteiger partial charge in [0.2, 0.25) is 0 Å². The lowest BCUT2D eigenvalue weighted by atomic mass is 10.0. The van der Waals surface area contributed by atoms with Gasteiger partial charge in [0.1, 0.15) is 11.6 Å². The first-order valence-corrected chi connectivity index (χ1v) is 11.6. The molecule has 3 aromatic carbocycles. The first kappa shape index (κ1) is 22.0. The SMILES string of the molecule is CC(NC(=O)c1ccc2c(c1)CC(C)N2S(=O)(=O)c1ccc(F)cc1)c1ccc(F)cc1. The van der Waals surface area contributed by atoms with E-state index in [4.69, 9.17) is 0 Å². The van der Waals surface area contributed by atoms with Crippen LogP contribution >= 0.6 is 0 Å². The molecule has 5 nitrogen and oxygen atoms in total. The number of carbonyl (C=O) groups is 1. The molecule has 8 heteroatoms. The lowest BCUT2D eigenvalue weighted by molar-refractivity contribution is 0.0940. The lowest BCUT2D eigenvalue weighted by Gasteiger charge is -2.24. The third kappa shape index (κ3) is 4.10. The fraction of sp³-hybridized carbons (Fsp3) is 0.208. The van der Waals surface area contributed by atoms with Crippen molar-refractivity contribution in [3.8, 4) is 0 Å². The molecule has 4 rings (SSSR count). The fourth-order valence-electron chi connectivity index (χ4n) is 3.95. The number of amides is 1. The number of carbonyl (C=O) groups excluding carboxylic acids is 1. The Morgan fingerprint density at radius 3 is 2.22 bits per heavy atom. The molecule has 1 aliphatic heterocycles. The normalized spacial score (nSPS) is 16.5. The van der Waals surface area contributed by atoms with Gasteiger partial charge < -0.3 is 5.32 Å². The molecule has 0 aliphatic carbocycles. The number of nitrogens with one attached hydrogen (secondary N) is 1. The highest BCUT2D eigenvalue weighted by Crippen LogP contribution is 2.37. The zero-order chi connectivity index (χ0) is 23.0. The van der Waals surface area contributed by atoms with Gasteiger partial charge >= 0.3 is 0 Å². The number of sulfonamides is 1. The number of benzene rings is 3. The van der Waals surface area contributed by atoms with Crippen molar-refractivity contribution in [2.75, 3.05) is 4.31 Å². The quantitative estimate of drug-likeness (QED) is 0.611. The van der Waals surface area contributed by atoms with Crippen LogP contribution in [0, 0.1) is 11.6 Å². The standard InChI is InChI=1S/C24H22F2N2O3S/c1-15-13-19-14-18(24(29)27-16(2)17-3-6-20(25)7-4-17)5-12-23(19)28(15)32(30,31)22-10-8-21(26)9-11-22/h3-12,14-16H,13H2,1-2H3,(H,27,29). The molecule has 0 aromatic heterocycles. The highest BCUT2D eigenvalue weighted by molar-refractivity contribution is 7.92. The summed E-state index contributed by atoms with van der Waals surface area (Å²) in [5.41, 5.74) is 2.42. The molecule has 1 amide bonds. The number of hydrogen-bond acceptors (Lipinski definition) is 3. The van der Waals surface area contributed by atoms with Crippen molar-refractivity contribution in [1.82, 2.24) is 5.32 Å². The Morgan fingerprint density at radius 2 is 1.59 bits per heavy atom. The molecule has 32 heavy (non-hydrogen) atoms. The number of hydrogen-bond donors (Lipinski definition) is 1. The van der Waals surface area contributed by atoms with Gasteiger partial charge in [-0.2, -0.15) is 0 Å². The van der Waals surface area contributed by atoms with E-state index in [0.717, 1.165) is 23.3 Å². The predicted octanol–water partition coefficient (Wildman–Crippen LogP) is 4.60. The topological polar surface area (TPSA) is 66.5 Å². The second kappa shape index (κ2) is 8.35. The summed E-state index contributed by atoms with van der Waals surface area (Å²) in [6.45, 7) is 3.59. The third-order valence-electron chi connectivity index (χ3n) is 5.58. The number of anilines is 1. The zero-order valence-electron chi connectivity index (χ0n) is 17.5. The van der Waals surface area contributed by atoms with Gasteiger partial charge in [-0.05, 0) is 86.0 Å². The predicted molar refractivity (Wildman–Crippen MR) is 118 cm³/mol. The van der Waals surface area contributed by atoms with E-state index >= 15 is 0 Å². The lowest BCUT2D eigenvalue weighted by Crippen LogP contribution is -2.35. The monoisotopic (exact) mass is 456 g/mol. The van der Waals surface area contributed by atoms with Gasteiger partial charge in [0.15, 0.2) is 0 Å². The maximum absolute atomic E-state index is 13.2. The van der Waals surface area contributed by atoms with E-state index in [-0.39, 0.29) is 28.7 Å². The minimum absolute atomic E-state index is 0.00791. The maximum Gasteiger partial charge on any atom is 0.264 e. The summed E-state index contributed by atoms with van der Waals surface area (Å²) in [4.78, 5) is 12.8. The van der Waals surface area contributed by atoms with Crippen LogP contribution in [-0.4, -0.2) is 20.4 Å². The van der Waals surface area contributed by atoms with Crippen molar-refractivity contribution in [3.05, 3.63) is 95.1 Å². The minimum atomic E-state index is -3.87. The van der Waals surface area contributed by atoms with E-state index in [9.17, 15) is 22.0 Å². The molecule has 0 spiro atoms. The smallest absolute Gasteiger partial charge is 0.264 e. The van der Waals surface area contributed by atoms with Crippen LogP contribution in [0.25, 0.3) is 0 Å². The number of nitrogens with zero attached hydrogens (tertiary/aromatic N) is 1. The molecule has 0 radical (unpaired) electrons. The van der Waals surface area contributed by atoms with Crippen molar-refractivity contribution in [2.45, 2.75) is 37.2 Å². The molecule has 3 aromatic rings. The van der Waals surface area contributed by atoms with Gasteiger partial charge in [-0.3, -0.25) is 9.10 Å². The van der Waals surface area contributed by atoms with Gasteiger partial charge in [-0.25, -0.2) is 17.2 Å². The Hall–Kier alpha value is -3.26. The Kier molecular flexibility index (Phi) is 5.73. The molecule has 0 fully saturated rings. The van der Waals surface area contributed by atoms with Crippen LogP contribution in [0.15, 0.2) is 71.6 Å². The first-order valence-electron chi connectivity index (χ1n) is 10.2. The summed E-state index contributed by atoms with van der Waals surface area (Å²) in [6.07, 6.45) is 0.449. The molecule has 2 atom stereocenters. The van der Waals surface area contributed by atoms with Crippen LogP contribution in [0.3, 0.4) is 0 Å². The van der Waals surface area contributed by atoms with Crippen LogP contribution < -0.4 is 9.62 Å². The van der Waals surface area contributed by atoms with Gasteiger partial charge in [0.05, 0.1) is 16.6 Å². The van der Waals surface area contributed by atoms with Gasteiger partial charge in [0.25, 0.3) is 15.9 Å². The summed E-state index contributed by atoms with van der Waals surface area (Å²) >= 11 is 0. The van der Waals surface area contributed by atoms with Crippen LogP contribution in [-0.2, 0) is 16.4 Å². The molecule has 0 saturated carbocycles. The second-order valence-electron chi connectivity index (χ2n) is 7.90. The van der Waals surface area contributed by atoms with Gasteiger partial charge in [-0.15, -0.1) is 0 Å². The van der Waals surface area contributed by atoms with E-state index < -0.39 is 15.8 Å². The molecule has 0 bridgehead atoms. The maximum atomic E-state index is 13.2. The van der Waals surface area contributed by atoms with Crippen LogP contribution in [0.1, 0.15) is 41.4 Å². The number of fused-ring (bicyclic) bond motifs is 1. The Labute approximate surface area is 185 Å². The van der Waals surface area contributed by atoms with E-state index in [2.05, 4.69) is 5.32 Å².